The van der Waals surface area contributed by atoms with E-state index in [0.717, 1.165) is 36.4 Å². The Balaban J connectivity index is 1.56. The fourth-order valence-electron chi connectivity index (χ4n) is 2.71. The van der Waals surface area contributed by atoms with Crippen LogP contribution in [0.25, 0.3) is 0 Å². The van der Waals surface area contributed by atoms with Crippen LogP contribution in [0.4, 0.5) is 0 Å². The maximum absolute atomic E-state index is 6.22. The van der Waals surface area contributed by atoms with Crippen LogP contribution in [0.15, 0.2) is 72.8 Å². The highest BCUT2D eigenvalue weighted by atomic mass is 35.5. The zero-order chi connectivity index (χ0) is 18.2. The second-order valence-corrected chi connectivity index (χ2v) is 6.82. The number of nitrogens with one attached hydrogen (secondary N) is 1. The number of hydrogen-bond donors (Lipinski definition) is 1. The molecule has 0 heterocycles. The first kappa shape index (κ1) is 18.8. The molecule has 0 unspecified atom stereocenters. The minimum atomic E-state index is 0.347. The smallest absolute Gasteiger partial charge is 0.124 e. The van der Waals surface area contributed by atoms with Crippen LogP contribution in [0.3, 0.4) is 0 Å². The molecule has 0 aliphatic rings. The van der Waals surface area contributed by atoms with Crippen LogP contribution in [0, 0.1) is 0 Å². The third-order valence-corrected chi connectivity index (χ3v) is 4.86. The van der Waals surface area contributed by atoms with Crippen molar-refractivity contribution in [3.05, 3.63) is 99.5 Å². The summed E-state index contributed by atoms with van der Waals surface area (Å²) in [6.45, 7) is 2.01. The van der Waals surface area contributed by atoms with Crippen molar-refractivity contribution in [1.82, 2.24) is 5.32 Å². The lowest BCUT2D eigenvalue weighted by atomic mass is 10.1. The lowest BCUT2D eigenvalue weighted by Gasteiger charge is -2.14. The van der Waals surface area contributed by atoms with E-state index in [4.69, 9.17) is 27.9 Å². The zero-order valence-electron chi connectivity index (χ0n) is 14.4. The Morgan fingerprint density at radius 2 is 1.46 bits per heavy atom. The van der Waals surface area contributed by atoms with Gasteiger partial charge in [-0.05, 0) is 36.7 Å². The van der Waals surface area contributed by atoms with E-state index in [1.165, 1.54) is 5.56 Å². The molecule has 0 fully saturated rings. The maximum atomic E-state index is 6.22. The van der Waals surface area contributed by atoms with Crippen molar-refractivity contribution in [3.8, 4) is 5.75 Å². The Labute approximate surface area is 164 Å². The van der Waals surface area contributed by atoms with Gasteiger partial charge in [0.1, 0.15) is 12.4 Å². The Kier molecular flexibility index (Phi) is 6.96. The number of hydrogen-bond acceptors (Lipinski definition) is 2. The number of para-hydroxylation sites is 1. The molecule has 0 bridgehead atoms. The third-order valence-electron chi connectivity index (χ3n) is 4.16. The molecule has 3 rings (SSSR count). The van der Waals surface area contributed by atoms with E-state index in [9.17, 15) is 0 Å². The van der Waals surface area contributed by atoms with Crippen LogP contribution in [0.1, 0.15) is 16.7 Å². The largest absolute Gasteiger partial charge is 0.488 e. The molecule has 0 spiro atoms. The van der Waals surface area contributed by atoms with Gasteiger partial charge in [-0.1, -0.05) is 77.8 Å². The molecule has 3 aromatic rings. The lowest BCUT2D eigenvalue weighted by Crippen LogP contribution is -2.17. The van der Waals surface area contributed by atoms with E-state index in [-0.39, 0.29) is 0 Å². The van der Waals surface area contributed by atoms with Gasteiger partial charge in [-0.25, -0.2) is 0 Å². The summed E-state index contributed by atoms with van der Waals surface area (Å²) in [7, 11) is 0. The molecule has 4 heteroatoms. The molecule has 134 valence electrons. The summed E-state index contributed by atoms with van der Waals surface area (Å²) in [5.74, 6) is 0.843. The SMILES string of the molecule is Clc1cccc(Cl)c1COc1ccccc1CNCCc1ccccc1. The first-order valence-corrected chi connectivity index (χ1v) is 9.38. The van der Waals surface area contributed by atoms with Gasteiger partial charge in [0.15, 0.2) is 0 Å². The highest BCUT2D eigenvalue weighted by Crippen LogP contribution is 2.27. The molecule has 3 aromatic carbocycles. The van der Waals surface area contributed by atoms with Crippen molar-refractivity contribution >= 4 is 23.2 Å². The van der Waals surface area contributed by atoms with Crippen molar-refractivity contribution < 1.29 is 4.74 Å². The van der Waals surface area contributed by atoms with E-state index in [0.29, 0.717) is 16.7 Å². The van der Waals surface area contributed by atoms with E-state index in [2.05, 4.69) is 35.6 Å². The molecule has 1 N–H and O–H groups in total. The molecule has 0 atom stereocenters. The second-order valence-electron chi connectivity index (χ2n) is 6.01. The predicted molar refractivity (Wildman–Crippen MR) is 109 cm³/mol. The summed E-state index contributed by atoms with van der Waals surface area (Å²) < 4.78 is 5.99. The summed E-state index contributed by atoms with van der Waals surface area (Å²) in [6.07, 6.45) is 0.999. The molecule has 0 saturated carbocycles. The first-order valence-electron chi connectivity index (χ1n) is 8.62. The number of ether oxygens (including phenoxy) is 1. The first-order chi connectivity index (χ1) is 12.7. The highest BCUT2D eigenvalue weighted by Gasteiger charge is 2.08. The summed E-state index contributed by atoms with van der Waals surface area (Å²) in [4.78, 5) is 0. The van der Waals surface area contributed by atoms with Crippen LogP contribution in [0.2, 0.25) is 10.0 Å². The quantitative estimate of drug-likeness (QED) is 0.487. The molecule has 26 heavy (non-hydrogen) atoms. The molecule has 0 aliphatic carbocycles. The van der Waals surface area contributed by atoms with E-state index in [1.54, 1.807) is 0 Å². The van der Waals surface area contributed by atoms with Crippen LogP contribution < -0.4 is 10.1 Å². The van der Waals surface area contributed by atoms with Crippen molar-refractivity contribution in [2.75, 3.05) is 6.54 Å². The molecule has 2 nitrogen and oxygen atoms in total. The van der Waals surface area contributed by atoms with Gasteiger partial charge in [0.05, 0.1) is 0 Å². The molecular formula is C22H21Cl2NO. The minimum Gasteiger partial charge on any atom is -0.488 e. The third kappa shape index (κ3) is 5.25. The lowest BCUT2D eigenvalue weighted by molar-refractivity contribution is 0.302. The highest BCUT2D eigenvalue weighted by molar-refractivity contribution is 6.35. The Bertz CT molecular complexity index is 816. The monoisotopic (exact) mass is 385 g/mol. The van der Waals surface area contributed by atoms with Crippen molar-refractivity contribution in [2.24, 2.45) is 0 Å². The van der Waals surface area contributed by atoms with Crippen LogP contribution in [-0.4, -0.2) is 6.54 Å². The average Bonchev–Trinajstić information content (AvgIpc) is 2.66. The van der Waals surface area contributed by atoms with Crippen molar-refractivity contribution in [1.29, 1.82) is 0 Å². The number of benzene rings is 3. The maximum Gasteiger partial charge on any atom is 0.124 e. The Morgan fingerprint density at radius 3 is 2.23 bits per heavy atom. The van der Waals surface area contributed by atoms with E-state index >= 15 is 0 Å². The van der Waals surface area contributed by atoms with Gasteiger partial charge < -0.3 is 10.1 Å². The molecule has 0 aromatic heterocycles. The van der Waals surface area contributed by atoms with E-state index < -0.39 is 0 Å². The predicted octanol–water partition coefficient (Wildman–Crippen LogP) is 5.90. The molecule has 0 aliphatic heterocycles. The molecular weight excluding hydrogens is 365 g/mol. The number of rotatable bonds is 8. The zero-order valence-corrected chi connectivity index (χ0v) is 15.9. The van der Waals surface area contributed by atoms with Crippen LogP contribution >= 0.6 is 23.2 Å². The normalized spacial score (nSPS) is 10.7. The molecule has 0 saturated heterocycles. The van der Waals surface area contributed by atoms with Gasteiger partial charge in [-0.15, -0.1) is 0 Å². The van der Waals surface area contributed by atoms with Gasteiger partial charge in [0.25, 0.3) is 0 Å². The fraction of sp³-hybridized carbons (Fsp3) is 0.182. The Morgan fingerprint density at radius 1 is 0.769 bits per heavy atom. The fourth-order valence-corrected chi connectivity index (χ4v) is 3.22. The second kappa shape index (κ2) is 9.63. The molecule has 0 radical (unpaired) electrons. The summed E-state index contributed by atoms with van der Waals surface area (Å²) in [5.41, 5.74) is 3.25. The molecule has 0 amide bonds. The van der Waals surface area contributed by atoms with Gasteiger partial charge in [-0.2, -0.15) is 0 Å². The topological polar surface area (TPSA) is 21.3 Å². The standard InChI is InChI=1S/C22H21Cl2NO/c23-20-10-6-11-21(24)19(20)16-26-22-12-5-4-9-18(22)15-25-14-13-17-7-2-1-3-8-17/h1-12,25H,13-16H2. The summed E-state index contributed by atoms with van der Waals surface area (Å²) in [5, 5.41) is 4.72. The van der Waals surface area contributed by atoms with Gasteiger partial charge in [0.2, 0.25) is 0 Å². The Hall–Kier alpha value is -2.00. The van der Waals surface area contributed by atoms with Crippen LogP contribution in [-0.2, 0) is 19.6 Å². The summed E-state index contributed by atoms with van der Waals surface area (Å²) >= 11 is 12.4. The van der Waals surface area contributed by atoms with Crippen LogP contribution in [0.5, 0.6) is 5.75 Å². The van der Waals surface area contributed by atoms with Crippen molar-refractivity contribution in [2.45, 2.75) is 19.6 Å². The average molecular weight is 386 g/mol. The number of halogens is 2. The van der Waals surface area contributed by atoms with Gasteiger partial charge in [0, 0.05) is 27.7 Å². The van der Waals surface area contributed by atoms with Gasteiger partial charge >= 0.3 is 0 Å². The minimum absolute atomic E-state index is 0.347. The summed E-state index contributed by atoms with van der Waals surface area (Å²) in [6, 6.07) is 24.0. The van der Waals surface area contributed by atoms with E-state index in [1.807, 2.05) is 42.5 Å². The van der Waals surface area contributed by atoms with Gasteiger partial charge in [-0.3, -0.25) is 0 Å². The van der Waals surface area contributed by atoms with Crippen molar-refractivity contribution in [3.63, 3.8) is 0 Å².